The number of hydrogen-bond donors (Lipinski definition) is 0. The first-order valence-corrected chi connectivity index (χ1v) is 18.2. The van der Waals surface area contributed by atoms with Crippen molar-refractivity contribution in [3.8, 4) is 0 Å². The Kier molecular flexibility index (Phi) is 9.43. The molecular formula is C32H47N3O4Si. The lowest BCUT2D eigenvalue weighted by Gasteiger charge is -2.42. The minimum atomic E-state index is -1.11. The molecule has 2 aromatic carbocycles. The molecule has 0 unspecified atom stereocenters. The summed E-state index contributed by atoms with van der Waals surface area (Å²) >= 11 is 0. The van der Waals surface area contributed by atoms with Gasteiger partial charge in [-0.1, -0.05) is 56.0 Å². The highest BCUT2D eigenvalue weighted by Crippen LogP contribution is 2.37. The third kappa shape index (κ3) is 8.18. The fourth-order valence-corrected chi connectivity index (χ4v) is 6.00. The number of aromatic nitrogens is 2. The summed E-state index contributed by atoms with van der Waals surface area (Å²) in [6.07, 6.45) is 3.50. The molecule has 8 heteroatoms. The number of hydrogen-bond acceptors (Lipinski definition) is 5. The average molecular weight is 566 g/mol. The summed E-state index contributed by atoms with van der Waals surface area (Å²) in [4.78, 5) is 14.5. The normalized spacial score (nSPS) is 15.9. The first-order chi connectivity index (χ1) is 18.8. The van der Waals surface area contributed by atoms with Crippen LogP contribution in [0.15, 0.2) is 48.7 Å². The second-order valence-corrected chi connectivity index (χ2v) is 19.1. The van der Waals surface area contributed by atoms with Crippen LogP contribution < -0.4 is 0 Å². The summed E-state index contributed by atoms with van der Waals surface area (Å²) in [7, 11) is -1.11. The summed E-state index contributed by atoms with van der Waals surface area (Å²) < 4.78 is 19.9. The molecule has 7 nitrogen and oxygen atoms in total. The SMILES string of the molecule is Cc1cc(COCC2(c3ccccc3)CCN(C(=O)OC(C)(C)C)CC2)cc2cn(COCC[Si](C)(C)C)nc12. The number of aryl methyl sites for hydroxylation is 1. The number of carbonyl (C=O) groups excluding carboxylic acids is 1. The van der Waals surface area contributed by atoms with Crippen molar-refractivity contribution >= 4 is 25.1 Å². The first-order valence-electron chi connectivity index (χ1n) is 14.5. The molecule has 1 aliphatic rings. The third-order valence-corrected chi connectivity index (χ3v) is 9.24. The van der Waals surface area contributed by atoms with Crippen LogP contribution >= 0.6 is 0 Å². The van der Waals surface area contributed by atoms with Crippen LogP contribution in [0.4, 0.5) is 4.79 Å². The first kappa shape index (κ1) is 30.3. The minimum Gasteiger partial charge on any atom is -0.444 e. The van der Waals surface area contributed by atoms with Crippen LogP contribution in [0, 0.1) is 6.92 Å². The van der Waals surface area contributed by atoms with Gasteiger partial charge in [0.1, 0.15) is 12.3 Å². The lowest BCUT2D eigenvalue weighted by Crippen LogP contribution is -2.48. The zero-order valence-electron chi connectivity index (χ0n) is 25.5. The van der Waals surface area contributed by atoms with Gasteiger partial charge in [-0.3, -0.25) is 0 Å². The number of piperidine rings is 1. The molecule has 0 spiro atoms. The van der Waals surface area contributed by atoms with Crippen LogP contribution in [0.2, 0.25) is 25.7 Å². The smallest absolute Gasteiger partial charge is 0.410 e. The average Bonchev–Trinajstić information content (AvgIpc) is 3.29. The van der Waals surface area contributed by atoms with Crippen LogP contribution in [0.1, 0.15) is 50.3 Å². The molecule has 1 aliphatic heterocycles. The van der Waals surface area contributed by atoms with E-state index >= 15 is 0 Å². The second kappa shape index (κ2) is 12.5. The van der Waals surface area contributed by atoms with Gasteiger partial charge in [0.2, 0.25) is 0 Å². The highest BCUT2D eigenvalue weighted by atomic mass is 28.3. The zero-order valence-corrected chi connectivity index (χ0v) is 26.5. The Morgan fingerprint density at radius 2 is 1.75 bits per heavy atom. The molecule has 0 saturated carbocycles. The maximum atomic E-state index is 12.7. The molecule has 2 heterocycles. The van der Waals surface area contributed by atoms with Gasteiger partial charge in [0.05, 0.1) is 18.7 Å². The molecule has 1 aromatic heterocycles. The Morgan fingerprint density at radius 1 is 1.05 bits per heavy atom. The highest BCUT2D eigenvalue weighted by molar-refractivity contribution is 6.76. The zero-order chi connectivity index (χ0) is 29.0. The van der Waals surface area contributed by atoms with Gasteiger partial charge in [-0.05, 0) is 69.3 Å². The number of fused-ring (bicyclic) bond motifs is 1. The van der Waals surface area contributed by atoms with Crippen molar-refractivity contribution in [3.63, 3.8) is 0 Å². The van der Waals surface area contributed by atoms with Gasteiger partial charge in [-0.25, -0.2) is 9.48 Å². The van der Waals surface area contributed by atoms with E-state index in [1.54, 1.807) is 0 Å². The maximum absolute atomic E-state index is 12.7. The van der Waals surface area contributed by atoms with Crippen molar-refractivity contribution in [1.82, 2.24) is 14.7 Å². The Morgan fingerprint density at radius 3 is 2.40 bits per heavy atom. The number of amides is 1. The second-order valence-electron chi connectivity index (χ2n) is 13.5. The molecule has 1 fully saturated rings. The maximum Gasteiger partial charge on any atom is 0.410 e. The van der Waals surface area contributed by atoms with Gasteiger partial charge in [-0.15, -0.1) is 0 Å². The molecule has 0 bridgehead atoms. The number of rotatable bonds is 10. The van der Waals surface area contributed by atoms with E-state index < -0.39 is 13.7 Å². The topological polar surface area (TPSA) is 65.8 Å². The molecule has 0 N–H and O–H groups in total. The van der Waals surface area contributed by atoms with E-state index in [-0.39, 0.29) is 11.5 Å². The Labute approximate surface area is 240 Å². The largest absolute Gasteiger partial charge is 0.444 e. The van der Waals surface area contributed by atoms with Crippen LogP contribution in [0.3, 0.4) is 0 Å². The van der Waals surface area contributed by atoms with Crippen LogP contribution in [0.5, 0.6) is 0 Å². The van der Waals surface area contributed by atoms with Gasteiger partial charge in [0.25, 0.3) is 0 Å². The van der Waals surface area contributed by atoms with Crippen molar-refractivity contribution in [3.05, 3.63) is 65.4 Å². The predicted molar refractivity (Wildman–Crippen MR) is 163 cm³/mol. The van der Waals surface area contributed by atoms with Crippen molar-refractivity contribution in [2.75, 3.05) is 26.3 Å². The number of carbonyl (C=O) groups is 1. The summed E-state index contributed by atoms with van der Waals surface area (Å²) in [6.45, 7) is 18.6. The van der Waals surface area contributed by atoms with Crippen LogP contribution in [-0.2, 0) is 33.0 Å². The molecule has 0 radical (unpaired) electrons. The molecule has 1 saturated heterocycles. The molecule has 4 rings (SSSR count). The van der Waals surface area contributed by atoms with E-state index in [0.29, 0.717) is 33.0 Å². The third-order valence-electron chi connectivity index (χ3n) is 7.53. The standard InChI is InChI=1S/C32H47N3O4Si/c1-25-19-26(20-27-21-35(33-29(25)27)24-37-17-18-40(5,6)7)22-38-23-32(28-11-9-8-10-12-28)13-15-34(16-14-32)30(36)39-31(2,3)4/h8-12,19-21H,13-18,22-24H2,1-7H3. The lowest BCUT2D eigenvalue weighted by molar-refractivity contribution is 0.00334. The molecule has 218 valence electrons. The van der Waals surface area contributed by atoms with E-state index in [9.17, 15) is 4.79 Å². The monoisotopic (exact) mass is 565 g/mol. The summed E-state index contributed by atoms with van der Waals surface area (Å²) in [6, 6.07) is 16.1. The Bertz CT molecular complexity index is 1270. The predicted octanol–water partition coefficient (Wildman–Crippen LogP) is 7.14. The molecule has 40 heavy (non-hydrogen) atoms. The van der Waals surface area contributed by atoms with Crippen molar-refractivity contribution in [1.29, 1.82) is 0 Å². The van der Waals surface area contributed by atoms with Gasteiger partial charge in [0, 0.05) is 44.8 Å². The molecule has 1 amide bonds. The molecule has 0 aliphatic carbocycles. The number of ether oxygens (including phenoxy) is 3. The Balaban J connectivity index is 1.39. The quantitative estimate of drug-likeness (QED) is 0.193. The van der Waals surface area contributed by atoms with Crippen molar-refractivity contribution in [2.24, 2.45) is 0 Å². The molecule has 3 aromatic rings. The van der Waals surface area contributed by atoms with E-state index in [4.69, 9.17) is 19.3 Å². The fourth-order valence-electron chi connectivity index (χ4n) is 5.24. The summed E-state index contributed by atoms with van der Waals surface area (Å²) in [5, 5.41) is 5.86. The number of benzene rings is 2. The van der Waals surface area contributed by atoms with E-state index in [1.165, 1.54) is 5.56 Å². The van der Waals surface area contributed by atoms with E-state index in [1.807, 2.05) is 36.4 Å². The van der Waals surface area contributed by atoms with Crippen molar-refractivity contribution < 1.29 is 19.0 Å². The lowest BCUT2D eigenvalue weighted by atomic mass is 9.73. The van der Waals surface area contributed by atoms with Gasteiger partial charge >= 0.3 is 6.09 Å². The van der Waals surface area contributed by atoms with Crippen molar-refractivity contribution in [2.45, 2.75) is 90.6 Å². The van der Waals surface area contributed by atoms with E-state index in [2.05, 4.69) is 69.2 Å². The van der Waals surface area contributed by atoms with E-state index in [0.717, 1.165) is 47.5 Å². The fraction of sp³-hybridized carbons (Fsp3) is 0.562. The Hall–Kier alpha value is -2.68. The van der Waals surface area contributed by atoms with Gasteiger partial charge in [0.15, 0.2) is 0 Å². The summed E-state index contributed by atoms with van der Waals surface area (Å²) in [5.74, 6) is 0. The summed E-state index contributed by atoms with van der Waals surface area (Å²) in [5.41, 5.74) is 3.91. The number of likely N-dealkylation sites (tertiary alicyclic amines) is 1. The van der Waals surface area contributed by atoms with Gasteiger partial charge < -0.3 is 19.1 Å². The highest BCUT2D eigenvalue weighted by Gasteiger charge is 2.38. The van der Waals surface area contributed by atoms with Crippen LogP contribution in [-0.4, -0.2) is 60.8 Å². The molecule has 0 atom stereocenters. The van der Waals surface area contributed by atoms with Crippen LogP contribution in [0.25, 0.3) is 10.9 Å². The minimum absolute atomic E-state index is 0.142. The van der Waals surface area contributed by atoms with Gasteiger partial charge in [-0.2, -0.15) is 5.10 Å². The molecular weight excluding hydrogens is 518 g/mol. The number of nitrogens with zero attached hydrogens (tertiary/aromatic N) is 3.